The van der Waals surface area contributed by atoms with Crippen LogP contribution in [0, 0.1) is 5.41 Å². The number of imidazole rings is 1. The van der Waals surface area contributed by atoms with E-state index in [0.29, 0.717) is 13.1 Å². The third-order valence-corrected chi connectivity index (χ3v) is 3.87. The molecule has 3 N–H and O–H groups in total. The lowest BCUT2D eigenvalue weighted by molar-refractivity contribution is -0.130. The lowest BCUT2D eigenvalue weighted by Gasteiger charge is -2.25. The van der Waals surface area contributed by atoms with Crippen molar-refractivity contribution in [1.29, 1.82) is 0 Å². The third-order valence-electron chi connectivity index (χ3n) is 3.87. The lowest BCUT2D eigenvalue weighted by Crippen LogP contribution is -2.44. The van der Waals surface area contributed by atoms with Gasteiger partial charge in [0, 0.05) is 32.0 Å². The molecule has 0 aliphatic heterocycles. The number of nitrogens with one attached hydrogen (secondary N) is 1. The molecule has 1 aliphatic rings. The van der Waals surface area contributed by atoms with Crippen LogP contribution in [0.5, 0.6) is 0 Å². The fourth-order valence-corrected chi connectivity index (χ4v) is 2.65. The summed E-state index contributed by atoms with van der Waals surface area (Å²) in [5, 5.41) is 3.03. The molecule has 18 heavy (non-hydrogen) atoms. The van der Waals surface area contributed by atoms with Crippen molar-refractivity contribution >= 4 is 5.91 Å². The highest BCUT2D eigenvalue weighted by molar-refractivity contribution is 5.83. The van der Waals surface area contributed by atoms with Gasteiger partial charge in [0.15, 0.2) is 0 Å². The van der Waals surface area contributed by atoms with Gasteiger partial charge in [0.2, 0.25) is 5.91 Å². The molecule has 0 bridgehead atoms. The normalized spacial score (nSPS) is 17.8. The summed E-state index contributed by atoms with van der Waals surface area (Å²) in [6.45, 7) is 2.06. The van der Waals surface area contributed by atoms with Gasteiger partial charge in [-0.05, 0) is 19.3 Å². The van der Waals surface area contributed by atoms with E-state index < -0.39 is 0 Å². The molecular formula is C13H22N4O. The number of nitrogens with zero attached hydrogens (tertiary/aromatic N) is 2. The summed E-state index contributed by atoms with van der Waals surface area (Å²) in [6, 6.07) is 0. The molecule has 1 saturated carbocycles. The van der Waals surface area contributed by atoms with Gasteiger partial charge in [-0.1, -0.05) is 12.8 Å². The molecule has 0 atom stereocenters. The van der Waals surface area contributed by atoms with Crippen LogP contribution < -0.4 is 11.1 Å². The van der Waals surface area contributed by atoms with Crippen LogP contribution >= 0.6 is 0 Å². The van der Waals surface area contributed by atoms with Crippen LogP contribution in [0.2, 0.25) is 0 Å². The first-order valence-corrected chi connectivity index (χ1v) is 6.71. The third kappa shape index (κ3) is 2.90. The summed E-state index contributed by atoms with van der Waals surface area (Å²) < 4.78 is 2.01. The number of hydrogen-bond donors (Lipinski definition) is 2. The summed E-state index contributed by atoms with van der Waals surface area (Å²) >= 11 is 0. The number of hydrogen-bond acceptors (Lipinski definition) is 3. The Morgan fingerprint density at radius 3 is 2.83 bits per heavy atom. The summed E-state index contributed by atoms with van der Waals surface area (Å²) in [5.41, 5.74) is 5.50. The fraction of sp³-hybridized carbons (Fsp3) is 0.692. The van der Waals surface area contributed by atoms with E-state index in [1.165, 1.54) is 0 Å². The molecule has 2 rings (SSSR count). The molecule has 1 amide bonds. The monoisotopic (exact) mass is 250 g/mol. The Balaban J connectivity index is 1.71. The SMILES string of the molecule is NCC1(C(=O)NCCCn2ccnc2)CCCC1. The second-order valence-corrected chi connectivity index (χ2v) is 5.10. The lowest BCUT2D eigenvalue weighted by atomic mass is 9.85. The van der Waals surface area contributed by atoms with E-state index in [1.54, 1.807) is 12.5 Å². The molecule has 0 unspecified atom stereocenters. The van der Waals surface area contributed by atoms with Gasteiger partial charge in [-0.15, -0.1) is 0 Å². The van der Waals surface area contributed by atoms with E-state index in [4.69, 9.17) is 5.73 Å². The summed E-state index contributed by atoms with van der Waals surface area (Å²) in [7, 11) is 0. The second kappa shape index (κ2) is 6.00. The number of carbonyl (C=O) groups is 1. The average molecular weight is 250 g/mol. The molecule has 0 aromatic carbocycles. The predicted molar refractivity (Wildman–Crippen MR) is 69.8 cm³/mol. The van der Waals surface area contributed by atoms with Gasteiger partial charge in [-0.3, -0.25) is 4.79 Å². The highest BCUT2D eigenvalue weighted by atomic mass is 16.2. The van der Waals surface area contributed by atoms with Crippen LogP contribution in [0.25, 0.3) is 0 Å². The van der Waals surface area contributed by atoms with Crippen LogP contribution in [0.1, 0.15) is 32.1 Å². The van der Waals surface area contributed by atoms with E-state index in [-0.39, 0.29) is 11.3 Å². The Hall–Kier alpha value is -1.36. The summed E-state index contributed by atoms with van der Waals surface area (Å²) in [6.07, 6.45) is 10.5. The number of amides is 1. The van der Waals surface area contributed by atoms with Gasteiger partial charge in [0.25, 0.3) is 0 Å². The molecule has 100 valence electrons. The maximum absolute atomic E-state index is 12.1. The van der Waals surface area contributed by atoms with Crippen LogP contribution in [0.4, 0.5) is 0 Å². The molecule has 5 heteroatoms. The van der Waals surface area contributed by atoms with Crippen molar-refractivity contribution in [1.82, 2.24) is 14.9 Å². The zero-order valence-electron chi connectivity index (χ0n) is 10.8. The standard InChI is InChI=1S/C13H22N4O/c14-10-13(4-1-2-5-13)12(18)16-6-3-8-17-9-7-15-11-17/h7,9,11H,1-6,8,10,14H2,(H,16,18). The van der Waals surface area contributed by atoms with Crippen molar-refractivity contribution in [2.45, 2.75) is 38.6 Å². The van der Waals surface area contributed by atoms with E-state index in [1.807, 2.05) is 10.8 Å². The van der Waals surface area contributed by atoms with Gasteiger partial charge >= 0.3 is 0 Å². The molecule has 0 saturated heterocycles. The number of carbonyl (C=O) groups excluding carboxylic acids is 1. The molecule has 1 aliphatic carbocycles. The highest BCUT2D eigenvalue weighted by Crippen LogP contribution is 2.37. The van der Waals surface area contributed by atoms with Gasteiger partial charge in [0.05, 0.1) is 11.7 Å². The molecule has 1 aromatic heterocycles. The Morgan fingerprint density at radius 2 is 2.22 bits per heavy atom. The maximum Gasteiger partial charge on any atom is 0.227 e. The van der Waals surface area contributed by atoms with Gasteiger partial charge in [0.1, 0.15) is 0 Å². The van der Waals surface area contributed by atoms with Crippen molar-refractivity contribution in [2.24, 2.45) is 11.1 Å². The second-order valence-electron chi connectivity index (χ2n) is 5.10. The van der Waals surface area contributed by atoms with Crippen molar-refractivity contribution in [2.75, 3.05) is 13.1 Å². The smallest absolute Gasteiger partial charge is 0.227 e. The first kappa shape index (κ1) is 13.1. The summed E-state index contributed by atoms with van der Waals surface area (Å²) in [5.74, 6) is 0.146. The number of nitrogens with two attached hydrogens (primary N) is 1. The number of rotatable bonds is 6. The highest BCUT2D eigenvalue weighted by Gasteiger charge is 2.39. The number of aromatic nitrogens is 2. The Morgan fingerprint density at radius 1 is 1.44 bits per heavy atom. The average Bonchev–Trinajstić information content (AvgIpc) is 3.05. The minimum Gasteiger partial charge on any atom is -0.356 e. The van der Waals surface area contributed by atoms with Crippen LogP contribution in [0.3, 0.4) is 0 Å². The molecule has 0 radical (unpaired) electrons. The Labute approximate surface area is 108 Å². The molecule has 1 heterocycles. The minimum atomic E-state index is -0.283. The van der Waals surface area contributed by atoms with Crippen LogP contribution in [-0.4, -0.2) is 28.5 Å². The zero-order valence-corrected chi connectivity index (χ0v) is 10.8. The topological polar surface area (TPSA) is 72.9 Å². The van der Waals surface area contributed by atoms with Crippen LogP contribution in [-0.2, 0) is 11.3 Å². The van der Waals surface area contributed by atoms with E-state index in [9.17, 15) is 4.79 Å². The molecule has 1 aromatic rings. The Kier molecular flexibility index (Phi) is 4.36. The Bertz CT molecular complexity index is 368. The van der Waals surface area contributed by atoms with Crippen molar-refractivity contribution in [3.63, 3.8) is 0 Å². The maximum atomic E-state index is 12.1. The molecule has 0 spiro atoms. The minimum absolute atomic E-state index is 0.146. The van der Waals surface area contributed by atoms with E-state index in [2.05, 4.69) is 10.3 Å². The van der Waals surface area contributed by atoms with Crippen molar-refractivity contribution in [3.05, 3.63) is 18.7 Å². The quantitative estimate of drug-likeness (QED) is 0.737. The van der Waals surface area contributed by atoms with E-state index >= 15 is 0 Å². The molecular weight excluding hydrogens is 228 g/mol. The number of aryl methyl sites for hydroxylation is 1. The first-order valence-electron chi connectivity index (χ1n) is 6.71. The fourth-order valence-electron chi connectivity index (χ4n) is 2.65. The molecule has 5 nitrogen and oxygen atoms in total. The largest absolute Gasteiger partial charge is 0.356 e. The summed E-state index contributed by atoms with van der Waals surface area (Å²) in [4.78, 5) is 16.1. The van der Waals surface area contributed by atoms with Gasteiger partial charge in [-0.25, -0.2) is 4.98 Å². The van der Waals surface area contributed by atoms with E-state index in [0.717, 1.165) is 38.6 Å². The van der Waals surface area contributed by atoms with Gasteiger partial charge < -0.3 is 15.6 Å². The predicted octanol–water partition coefficient (Wildman–Crippen LogP) is 0.908. The van der Waals surface area contributed by atoms with Gasteiger partial charge in [-0.2, -0.15) is 0 Å². The van der Waals surface area contributed by atoms with Crippen molar-refractivity contribution < 1.29 is 4.79 Å². The molecule has 1 fully saturated rings. The first-order chi connectivity index (χ1) is 8.77. The van der Waals surface area contributed by atoms with Crippen molar-refractivity contribution in [3.8, 4) is 0 Å². The zero-order chi connectivity index (χ0) is 12.8. The van der Waals surface area contributed by atoms with Crippen LogP contribution in [0.15, 0.2) is 18.7 Å².